The summed E-state index contributed by atoms with van der Waals surface area (Å²) in [6, 6.07) is 3.97. The molecule has 2 rings (SSSR count). The van der Waals surface area contributed by atoms with Gasteiger partial charge in [-0.05, 0) is 43.4 Å². The molecule has 0 spiro atoms. The molecule has 3 nitrogen and oxygen atoms in total. The van der Waals surface area contributed by atoms with Gasteiger partial charge >= 0.3 is 0 Å². The van der Waals surface area contributed by atoms with Gasteiger partial charge in [0.25, 0.3) is 5.91 Å². The van der Waals surface area contributed by atoms with Crippen molar-refractivity contribution in [3.8, 4) is 0 Å². The number of halogens is 2. The highest BCUT2D eigenvalue weighted by molar-refractivity contribution is 6.31. The second kappa shape index (κ2) is 5.88. The SMILES string of the molecule is CCC(NC(=O)c1ccc(F)c(Cl)c1)C1CC(O)C1. The minimum absolute atomic E-state index is 0.0414. The number of carbonyl (C=O) groups is 1. The first kappa shape index (κ1) is 14.3. The Morgan fingerprint density at radius 1 is 1.58 bits per heavy atom. The number of benzene rings is 1. The zero-order valence-corrected chi connectivity index (χ0v) is 11.5. The molecule has 2 N–H and O–H groups in total. The van der Waals surface area contributed by atoms with Gasteiger partial charge in [-0.25, -0.2) is 4.39 Å². The smallest absolute Gasteiger partial charge is 0.251 e. The molecule has 0 saturated heterocycles. The molecule has 0 radical (unpaired) electrons. The summed E-state index contributed by atoms with van der Waals surface area (Å²) in [5.41, 5.74) is 0.352. The van der Waals surface area contributed by atoms with Crippen LogP contribution in [0.5, 0.6) is 0 Å². The molecule has 1 aliphatic carbocycles. The van der Waals surface area contributed by atoms with Crippen LogP contribution in [0, 0.1) is 11.7 Å². The van der Waals surface area contributed by atoms with Crippen molar-refractivity contribution >= 4 is 17.5 Å². The van der Waals surface area contributed by atoms with Crippen molar-refractivity contribution in [3.05, 3.63) is 34.6 Å². The highest BCUT2D eigenvalue weighted by atomic mass is 35.5. The highest BCUT2D eigenvalue weighted by Crippen LogP contribution is 2.31. The third kappa shape index (κ3) is 3.25. The fourth-order valence-electron chi connectivity index (χ4n) is 2.40. The van der Waals surface area contributed by atoms with Crippen LogP contribution in [0.4, 0.5) is 4.39 Å². The molecule has 0 aromatic heterocycles. The summed E-state index contributed by atoms with van der Waals surface area (Å²) in [6.45, 7) is 1.99. The molecular formula is C14H17ClFNO2. The van der Waals surface area contributed by atoms with Gasteiger partial charge in [0.2, 0.25) is 0 Å². The molecule has 0 bridgehead atoms. The van der Waals surface area contributed by atoms with Crippen molar-refractivity contribution in [1.29, 1.82) is 0 Å². The number of carbonyl (C=O) groups excluding carboxylic acids is 1. The van der Waals surface area contributed by atoms with Crippen molar-refractivity contribution in [3.63, 3.8) is 0 Å². The third-order valence-electron chi connectivity index (χ3n) is 3.66. The third-order valence-corrected chi connectivity index (χ3v) is 3.95. The van der Waals surface area contributed by atoms with E-state index in [9.17, 15) is 14.3 Å². The molecule has 1 aromatic carbocycles. The summed E-state index contributed by atoms with van der Waals surface area (Å²) in [5, 5.41) is 12.2. The Balaban J connectivity index is 2.00. The van der Waals surface area contributed by atoms with E-state index in [1.807, 2.05) is 6.92 Å². The molecule has 1 atom stereocenters. The zero-order valence-electron chi connectivity index (χ0n) is 10.7. The van der Waals surface area contributed by atoms with Crippen LogP contribution in [0.2, 0.25) is 5.02 Å². The van der Waals surface area contributed by atoms with Gasteiger partial charge in [0, 0.05) is 11.6 Å². The van der Waals surface area contributed by atoms with Crippen molar-refractivity contribution < 1.29 is 14.3 Å². The monoisotopic (exact) mass is 285 g/mol. The maximum atomic E-state index is 13.0. The molecule has 1 unspecified atom stereocenters. The molecule has 104 valence electrons. The average Bonchev–Trinajstić information content (AvgIpc) is 2.35. The molecule has 0 aliphatic heterocycles. The largest absolute Gasteiger partial charge is 0.393 e. The van der Waals surface area contributed by atoms with Crippen molar-refractivity contribution in [1.82, 2.24) is 5.32 Å². The van der Waals surface area contributed by atoms with Crippen LogP contribution in [-0.4, -0.2) is 23.2 Å². The Labute approximate surface area is 116 Å². The number of hydrogen-bond acceptors (Lipinski definition) is 2. The zero-order chi connectivity index (χ0) is 14.0. The molecular weight excluding hydrogens is 269 g/mol. The van der Waals surface area contributed by atoms with Crippen LogP contribution in [-0.2, 0) is 0 Å². The molecule has 1 amide bonds. The van der Waals surface area contributed by atoms with Gasteiger partial charge in [-0.15, -0.1) is 0 Å². The van der Waals surface area contributed by atoms with E-state index < -0.39 is 5.82 Å². The van der Waals surface area contributed by atoms with E-state index in [1.165, 1.54) is 18.2 Å². The quantitative estimate of drug-likeness (QED) is 0.894. The number of amides is 1. The molecule has 1 fully saturated rings. The number of aliphatic hydroxyl groups excluding tert-OH is 1. The maximum absolute atomic E-state index is 13.0. The molecule has 1 aromatic rings. The lowest BCUT2D eigenvalue weighted by Crippen LogP contribution is -2.46. The van der Waals surface area contributed by atoms with E-state index in [4.69, 9.17) is 11.6 Å². The van der Waals surface area contributed by atoms with Crippen LogP contribution in [0.3, 0.4) is 0 Å². The first-order valence-corrected chi connectivity index (χ1v) is 6.83. The Morgan fingerprint density at radius 3 is 2.79 bits per heavy atom. The van der Waals surface area contributed by atoms with Gasteiger partial charge in [-0.3, -0.25) is 4.79 Å². The van der Waals surface area contributed by atoms with Crippen LogP contribution >= 0.6 is 11.6 Å². The molecule has 19 heavy (non-hydrogen) atoms. The van der Waals surface area contributed by atoms with Crippen molar-refractivity contribution in [2.24, 2.45) is 5.92 Å². The topological polar surface area (TPSA) is 49.3 Å². The van der Waals surface area contributed by atoms with Gasteiger partial charge < -0.3 is 10.4 Å². The first-order valence-electron chi connectivity index (χ1n) is 6.45. The van der Waals surface area contributed by atoms with Crippen LogP contribution < -0.4 is 5.32 Å². The van der Waals surface area contributed by atoms with E-state index in [0.29, 0.717) is 11.5 Å². The fraction of sp³-hybridized carbons (Fsp3) is 0.500. The lowest BCUT2D eigenvalue weighted by molar-refractivity contribution is 0.0232. The summed E-state index contributed by atoms with van der Waals surface area (Å²) in [6.07, 6.45) is 2.01. The van der Waals surface area contributed by atoms with E-state index in [-0.39, 0.29) is 23.1 Å². The first-order chi connectivity index (χ1) is 9.01. The molecule has 0 heterocycles. The van der Waals surface area contributed by atoms with Gasteiger partial charge in [0.15, 0.2) is 0 Å². The van der Waals surface area contributed by atoms with Crippen molar-refractivity contribution in [2.45, 2.75) is 38.3 Å². The maximum Gasteiger partial charge on any atom is 0.251 e. The van der Waals surface area contributed by atoms with Gasteiger partial charge in [-0.2, -0.15) is 0 Å². The Kier molecular flexibility index (Phi) is 4.42. The van der Waals surface area contributed by atoms with Crippen molar-refractivity contribution in [2.75, 3.05) is 0 Å². The molecule has 1 aliphatic rings. The van der Waals surface area contributed by atoms with E-state index >= 15 is 0 Å². The average molecular weight is 286 g/mol. The minimum Gasteiger partial charge on any atom is -0.393 e. The summed E-state index contributed by atoms with van der Waals surface area (Å²) in [7, 11) is 0. The summed E-state index contributed by atoms with van der Waals surface area (Å²) in [4.78, 5) is 12.0. The van der Waals surface area contributed by atoms with E-state index in [1.54, 1.807) is 0 Å². The highest BCUT2D eigenvalue weighted by Gasteiger charge is 2.33. The Bertz CT molecular complexity index is 475. The van der Waals surface area contributed by atoms with Gasteiger partial charge in [0.1, 0.15) is 5.82 Å². The molecule has 1 saturated carbocycles. The summed E-state index contributed by atoms with van der Waals surface area (Å²) >= 11 is 5.66. The lowest BCUT2D eigenvalue weighted by Gasteiger charge is -2.37. The van der Waals surface area contributed by atoms with Gasteiger partial charge in [-0.1, -0.05) is 18.5 Å². The van der Waals surface area contributed by atoms with E-state index in [2.05, 4.69) is 5.32 Å². The van der Waals surface area contributed by atoms with E-state index in [0.717, 1.165) is 19.3 Å². The predicted molar refractivity (Wildman–Crippen MR) is 71.7 cm³/mol. The number of aliphatic hydroxyl groups is 1. The Morgan fingerprint density at radius 2 is 2.26 bits per heavy atom. The number of rotatable bonds is 4. The second-order valence-corrected chi connectivity index (χ2v) is 5.41. The normalized spacial score (nSPS) is 23.6. The Hall–Kier alpha value is -1.13. The fourth-order valence-corrected chi connectivity index (χ4v) is 2.58. The standard InChI is InChI=1S/C14H17ClFNO2/c1-2-13(9-5-10(18)6-9)17-14(19)8-3-4-12(16)11(15)7-8/h3-4,7,9-10,13,18H,2,5-6H2,1H3,(H,17,19). The minimum atomic E-state index is -0.535. The lowest BCUT2D eigenvalue weighted by atomic mass is 9.76. The number of hydrogen-bond donors (Lipinski definition) is 2. The summed E-state index contributed by atoms with van der Waals surface area (Å²) in [5.74, 6) is -0.470. The van der Waals surface area contributed by atoms with Crippen LogP contribution in [0.15, 0.2) is 18.2 Å². The predicted octanol–water partition coefficient (Wildman–Crippen LogP) is 2.76. The summed E-state index contributed by atoms with van der Waals surface area (Å²) < 4.78 is 13.0. The van der Waals surface area contributed by atoms with Gasteiger partial charge in [0.05, 0.1) is 11.1 Å². The van der Waals surface area contributed by atoms with Crippen LogP contribution in [0.1, 0.15) is 36.5 Å². The molecule has 5 heteroatoms. The van der Waals surface area contributed by atoms with Crippen LogP contribution in [0.25, 0.3) is 0 Å². The number of nitrogens with one attached hydrogen (secondary N) is 1. The second-order valence-electron chi connectivity index (χ2n) is 5.00.